The predicted octanol–water partition coefficient (Wildman–Crippen LogP) is -0.0901. The number of carbonyl (C=O) groups excluding carboxylic acids is 3. The van der Waals surface area contributed by atoms with Crippen LogP contribution in [-0.4, -0.2) is 108 Å². The van der Waals surface area contributed by atoms with Crippen molar-refractivity contribution >= 4 is 28.1 Å². The zero-order valence-electron chi connectivity index (χ0n) is 26.3. The second-order valence-electron chi connectivity index (χ2n) is 14.0. The first-order valence-corrected chi connectivity index (χ1v) is 17.5. The maximum absolute atomic E-state index is 14.6. The Morgan fingerprint density at radius 3 is 2.79 bits per heavy atom. The lowest BCUT2D eigenvalue weighted by Crippen LogP contribution is -2.71. The van der Waals surface area contributed by atoms with Gasteiger partial charge in [-0.15, -0.1) is 0 Å². The molecular weight excluding hydrogens is 642 g/mol. The van der Waals surface area contributed by atoms with Gasteiger partial charge in [0.15, 0.2) is 0 Å². The fourth-order valence-electron chi connectivity index (χ4n) is 9.16. The van der Waals surface area contributed by atoms with Crippen LogP contribution in [0.25, 0.3) is 0 Å². The van der Waals surface area contributed by atoms with Crippen LogP contribution >= 0.6 is 0 Å². The Balaban J connectivity index is 1.09. The lowest BCUT2D eigenvalue weighted by Gasteiger charge is -2.49. The SMILES string of the molecule is CN1C[C@@]2(C(=O)NC3(C)OC4(O)[C@@H]5CCCN5C(=O)C(Cc5ccccc5)N4C3=O)OS(=O)(=O)OC2C2=C3C=CC=C4NC=C(C[C@H]21)C43. The lowest BCUT2D eigenvalue weighted by atomic mass is 9.68. The molecule has 0 aromatic heterocycles. The van der Waals surface area contributed by atoms with Gasteiger partial charge < -0.3 is 20.6 Å². The minimum Gasteiger partial charge on any atom is -0.364 e. The van der Waals surface area contributed by atoms with E-state index in [0.717, 1.165) is 27.3 Å². The molecule has 5 unspecified atom stereocenters. The number of likely N-dealkylation sites (N-methyl/N-ethyl adjacent to an activating group) is 1. The van der Waals surface area contributed by atoms with Crippen molar-refractivity contribution in [3.05, 3.63) is 82.7 Å². The van der Waals surface area contributed by atoms with Crippen molar-refractivity contribution in [3.8, 4) is 0 Å². The Bertz CT molecular complexity index is 1910. The molecule has 8 atom stereocenters. The summed E-state index contributed by atoms with van der Waals surface area (Å²) in [5.74, 6) is -4.47. The first-order valence-electron chi connectivity index (χ1n) is 16.2. The number of likely N-dealkylation sites (tertiary alicyclic amines) is 1. The molecule has 0 radical (unpaired) electrons. The molecule has 9 rings (SSSR count). The summed E-state index contributed by atoms with van der Waals surface area (Å²) in [4.78, 5) is 47.3. The van der Waals surface area contributed by atoms with Crippen LogP contribution in [0.2, 0.25) is 0 Å². The summed E-state index contributed by atoms with van der Waals surface area (Å²) in [6.07, 6.45) is 8.06. The molecule has 0 saturated carbocycles. The highest BCUT2D eigenvalue weighted by molar-refractivity contribution is 7.82. The number of benzene rings is 1. The summed E-state index contributed by atoms with van der Waals surface area (Å²) < 4.78 is 43.6. The number of piperazine rings is 1. The van der Waals surface area contributed by atoms with E-state index in [4.69, 9.17) is 13.1 Å². The van der Waals surface area contributed by atoms with Gasteiger partial charge in [0.1, 0.15) is 18.2 Å². The molecule has 15 heteroatoms. The van der Waals surface area contributed by atoms with Gasteiger partial charge in [-0.2, -0.15) is 8.42 Å². The Kier molecular flexibility index (Phi) is 6.21. The maximum atomic E-state index is 14.6. The van der Waals surface area contributed by atoms with Crippen LogP contribution in [0.1, 0.15) is 31.7 Å². The third-order valence-corrected chi connectivity index (χ3v) is 12.1. The Hall–Kier alpha value is -3.86. The molecule has 2 aliphatic carbocycles. The highest BCUT2D eigenvalue weighted by Gasteiger charge is 2.72. The number of nitrogens with one attached hydrogen (secondary N) is 2. The van der Waals surface area contributed by atoms with Gasteiger partial charge in [0.05, 0.1) is 0 Å². The number of allylic oxidation sites excluding steroid dienone is 4. The molecule has 6 aliphatic heterocycles. The summed E-state index contributed by atoms with van der Waals surface area (Å²) in [6.45, 7) is 1.53. The van der Waals surface area contributed by atoms with Gasteiger partial charge in [-0.05, 0) is 61.6 Å². The largest absolute Gasteiger partial charge is 0.401 e. The van der Waals surface area contributed by atoms with E-state index in [9.17, 15) is 27.9 Å². The molecule has 252 valence electrons. The van der Waals surface area contributed by atoms with Gasteiger partial charge in [0.25, 0.3) is 17.7 Å². The first kappa shape index (κ1) is 30.2. The molecule has 8 aliphatic rings. The van der Waals surface area contributed by atoms with E-state index in [1.807, 2.05) is 59.7 Å². The number of piperidine rings is 1. The average molecular weight is 678 g/mol. The zero-order chi connectivity index (χ0) is 33.4. The molecule has 1 aromatic rings. The number of ether oxygens (including phenoxy) is 1. The van der Waals surface area contributed by atoms with Crippen molar-refractivity contribution in [1.29, 1.82) is 0 Å². The van der Waals surface area contributed by atoms with Gasteiger partial charge in [-0.1, -0.05) is 42.5 Å². The summed E-state index contributed by atoms with van der Waals surface area (Å²) in [5, 5.41) is 18.1. The number of nitrogens with zero attached hydrogens (tertiary/aromatic N) is 3. The van der Waals surface area contributed by atoms with E-state index < -0.39 is 57.6 Å². The van der Waals surface area contributed by atoms with Crippen LogP contribution < -0.4 is 10.6 Å². The summed E-state index contributed by atoms with van der Waals surface area (Å²) in [5.41, 5.74) is -0.000707. The third-order valence-electron chi connectivity index (χ3n) is 11.2. The van der Waals surface area contributed by atoms with Crippen molar-refractivity contribution in [2.45, 2.75) is 74.1 Å². The molecule has 0 bridgehead atoms. The number of hydrogen-bond acceptors (Lipinski definition) is 11. The quantitative estimate of drug-likeness (QED) is 0.390. The topological polar surface area (TPSA) is 167 Å². The van der Waals surface area contributed by atoms with Crippen LogP contribution in [-0.2, 0) is 44.3 Å². The van der Waals surface area contributed by atoms with Crippen molar-refractivity contribution < 1.29 is 41.0 Å². The number of fused-ring (bicyclic) bond motifs is 6. The Morgan fingerprint density at radius 2 is 2.00 bits per heavy atom. The predicted molar refractivity (Wildman–Crippen MR) is 166 cm³/mol. The smallest absolute Gasteiger partial charge is 0.364 e. The molecule has 6 heterocycles. The van der Waals surface area contributed by atoms with Gasteiger partial charge in [0, 0.05) is 43.4 Å². The van der Waals surface area contributed by atoms with Crippen molar-refractivity contribution in [1.82, 2.24) is 25.3 Å². The van der Waals surface area contributed by atoms with E-state index in [1.165, 1.54) is 6.92 Å². The molecule has 5 saturated heterocycles. The molecule has 1 aromatic carbocycles. The van der Waals surface area contributed by atoms with E-state index in [-0.39, 0.29) is 30.8 Å². The van der Waals surface area contributed by atoms with Crippen LogP contribution in [0.3, 0.4) is 0 Å². The average Bonchev–Trinajstić information content (AvgIpc) is 3.80. The number of carbonyl (C=O) groups is 3. The molecule has 14 nitrogen and oxygen atoms in total. The number of rotatable bonds is 4. The highest BCUT2D eigenvalue weighted by atomic mass is 32.3. The van der Waals surface area contributed by atoms with E-state index >= 15 is 0 Å². The Labute approximate surface area is 277 Å². The maximum Gasteiger partial charge on any atom is 0.401 e. The van der Waals surface area contributed by atoms with Crippen molar-refractivity contribution in [3.63, 3.8) is 0 Å². The van der Waals surface area contributed by atoms with Gasteiger partial charge in [-0.3, -0.25) is 28.9 Å². The van der Waals surface area contributed by atoms with Gasteiger partial charge in [-0.25, -0.2) is 8.37 Å². The van der Waals surface area contributed by atoms with Gasteiger partial charge >= 0.3 is 10.4 Å². The summed E-state index contributed by atoms with van der Waals surface area (Å²) in [7, 11) is -2.86. The van der Waals surface area contributed by atoms with E-state index in [0.29, 0.717) is 31.4 Å². The van der Waals surface area contributed by atoms with Crippen LogP contribution in [0.5, 0.6) is 0 Å². The molecule has 3 N–H and O–H groups in total. The molecule has 5 fully saturated rings. The third kappa shape index (κ3) is 3.96. The summed E-state index contributed by atoms with van der Waals surface area (Å²) >= 11 is 0. The highest BCUT2D eigenvalue weighted by Crippen LogP contribution is 2.53. The van der Waals surface area contributed by atoms with Crippen LogP contribution in [0.4, 0.5) is 0 Å². The van der Waals surface area contributed by atoms with Crippen LogP contribution in [0, 0.1) is 5.92 Å². The van der Waals surface area contributed by atoms with E-state index in [1.54, 1.807) is 11.9 Å². The monoisotopic (exact) mass is 677 g/mol. The minimum absolute atomic E-state index is 0.116. The second-order valence-corrected chi connectivity index (χ2v) is 15.2. The van der Waals surface area contributed by atoms with Crippen molar-refractivity contribution in [2.75, 3.05) is 20.1 Å². The second kappa shape index (κ2) is 9.86. The normalized spacial score (nSPS) is 40.4. The zero-order valence-corrected chi connectivity index (χ0v) is 27.1. The molecule has 3 amide bonds. The number of hydrogen-bond donors (Lipinski definition) is 3. The fraction of sp³-hybridized carbons (Fsp3) is 0.485. The lowest BCUT2D eigenvalue weighted by molar-refractivity contribution is -0.315. The van der Waals surface area contributed by atoms with Crippen LogP contribution in [0.15, 0.2) is 77.2 Å². The standard InChI is InChI=1S/C33H35N5O9S/c1-31(30(41)38-23(14-18-8-4-3-5-9-18)28(39)37-13-7-12-24(37)33(38,42)46-31)35-29(40)32-17-36(2)22-15-19-16-34-21-11-6-10-20(25(19)21)26(22)27(32)45-48(43,44)47-32/h3-6,8-11,16,22-25,27,34,42H,7,12-15,17H2,1-2H3,(H,35,40)/t22-,23?,24+,25?,27?,31?,32-,33?/m1/s1. The molecule has 0 spiro atoms. The molecular formula is C33H35N5O9S. The first-order chi connectivity index (χ1) is 22.9. The Morgan fingerprint density at radius 1 is 1.21 bits per heavy atom. The fourth-order valence-corrected chi connectivity index (χ4v) is 10.3. The summed E-state index contributed by atoms with van der Waals surface area (Å²) in [6, 6.07) is 6.91. The number of aliphatic hydroxyl groups is 1. The van der Waals surface area contributed by atoms with Gasteiger partial charge in [0.2, 0.25) is 17.2 Å². The minimum atomic E-state index is -4.65. The van der Waals surface area contributed by atoms with Crippen molar-refractivity contribution in [2.24, 2.45) is 5.92 Å². The van der Waals surface area contributed by atoms with E-state index in [2.05, 4.69) is 10.6 Å². The molecule has 48 heavy (non-hydrogen) atoms. The number of amides is 3.